The van der Waals surface area contributed by atoms with Gasteiger partial charge in [-0.1, -0.05) is 28.1 Å². The van der Waals surface area contributed by atoms with Crippen LogP contribution in [0.25, 0.3) is 0 Å². The molecule has 2 aromatic rings. The minimum atomic E-state index is -0.232. The summed E-state index contributed by atoms with van der Waals surface area (Å²) in [5, 5.41) is 0. The van der Waals surface area contributed by atoms with Crippen LogP contribution in [-0.4, -0.2) is 14.2 Å². The molecule has 0 aromatic heterocycles. The van der Waals surface area contributed by atoms with E-state index in [1.807, 2.05) is 43.3 Å². The third-order valence-electron chi connectivity index (χ3n) is 3.34. The fourth-order valence-corrected chi connectivity index (χ4v) is 2.57. The number of nitrogens with two attached hydrogens (primary N) is 1. The summed E-state index contributed by atoms with van der Waals surface area (Å²) in [6.45, 7) is 2.03. The fourth-order valence-electron chi connectivity index (χ4n) is 2.23. The second-order valence-electron chi connectivity index (χ2n) is 4.59. The van der Waals surface area contributed by atoms with Gasteiger partial charge in [-0.2, -0.15) is 0 Å². The molecule has 4 heteroatoms. The van der Waals surface area contributed by atoms with E-state index in [2.05, 4.69) is 15.9 Å². The van der Waals surface area contributed by atoms with Crippen LogP contribution in [0.5, 0.6) is 11.5 Å². The average molecular weight is 336 g/mol. The van der Waals surface area contributed by atoms with E-state index in [0.717, 1.165) is 32.7 Å². The lowest BCUT2D eigenvalue weighted by atomic mass is 9.95. The molecule has 0 saturated heterocycles. The van der Waals surface area contributed by atoms with Crippen molar-refractivity contribution in [2.75, 3.05) is 14.2 Å². The van der Waals surface area contributed by atoms with Crippen LogP contribution in [0.3, 0.4) is 0 Å². The molecule has 0 aliphatic heterocycles. The van der Waals surface area contributed by atoms with Gasteiger partial charge in [0.15, 0.2) is 0 Å². The van der Waals surface area contributed by atoms with E-state index in [4.69, 9.17) is 15.2 Å². The van der Waals surface area contributed by atoms with E-state index in [-0.39, 0.29) is 6.04 Å². The molecular formula is C16H18BrNO2. The highest BCUT2D eigenvalue weighted by atomic mass is 79.9. The molecular weight excluding hydrogens is 318 g/mol. The van der Waals surface area contributed by atoms with Crippen molar-refractivity contribution in [3.63, 3.8) is 0 Å². The minimum Gasteiger partial charge on any atom is -0.497 e. The molecule has 0 spiro atoms. The first-order valence-corrected chi connectivity index (χ1v) is 7.09. The number of aryl methyl sites for hydroxylation is 1. The quantitative estimate of drug-likeness (QED) is 0.923. The normalized spacial score (nSPS) is 12.1. The number of rotatable bonds is 4. The van der Waals surface area contributed by atoms with E-state index >= 15 is 0 Å². The summed E-state index contributed by atoms with van der Waals surface area (Å²) in [4.78, 5) is 0. The molecule has 0 radical (unpaired) electrons. The number of benzene rings is 2. The Morgan fingerprint density at radius 3 is 2.30 bits per heavy atom. The summed E-state index contributed by atoms with van der Waals surface area (Å²) in [7, 11) is 3.31. The van der Waals surface area contributed by atoms with Crippen molar-refractivity contribution in [2.24, 2.45) is 5.73 Å². The molecule has 2 N–H and O–H groups in total. The molecule has 0 saturated carbocycles. The standard InChI is InChI=1S/C16H18BrNO2/c1-10-8-12(19-2)5-7-13(10)16(18)14-6-4-11(17)9-15(14)20-3/h4-9,16H,18H2,1-3H3. The molecule has 0 bridgehead atoms. The summed E-state index contributed by atoms with van der Waals surface area (Å²) in [6.07, 6.45) is 0. The lowest BCUT2D eigenvalue weighted by molar-refractivity contribution is 0.407. The Balaban J connectivity index is 2.43. The molecule has 1 unspecified atom stereocenters. The summed E-state index contributed by atoms with van der Waals surface area (Å²) in [6, 6.07) is 11.6. The van der Waals surface area contributed by atoms with Crippen LogP contribution in [0.4, 0.5) is 0 Å². The molecule has 0 aliphatic carbocycles. The van der Waals surface area contributed by atoms with E-state index in [1.165, 1.54) is 0 Å². The van der Waals surface area contributed by atoms with Crippen molar-refractivity contribution >= 4 is 15.9 Å². The molecule has 1 atom stereocenters. The third-order valence-corrected chi connectivity index (χ3v) is 3.84. The molecule has 0 aliphatic rings. The van der Waals surface area contributed by atoms with Crippen LogP contribution in [-0.2, 0) is 0 Å². The Hall–Kier alpha value is -1.52. The van der Waals surface area contributed by atoms with E-state index in [0.29, 0.717) is 0 Å². The number of hydrogen-bond donors (Lipinski definition) is 1. The second kappa shape index (κ2) is 6.29. The van der Waals surface area contributed by atoms with Crippen molar-refractivity contribution in [2.45, 2.75) is 13.0 Å². The summed E-state index contributed by atoms with van der Waals surface area (Å²) >= 11 is 3.44. The first-order chi connectivity index (χ1) is 9.56. The molecule has 3 nitrogen and oxygen atoms in total. The number of ether oxygens (including phenoxy) is 2. The highest BCUT2D eigenvalue weighted by Crippen LogP contribution is 2.33. The molecule has 0 amide bonds. The Bertz CT molecular complexity index is 613. The Morgan fingerprint density at radius 1 is 1.00 bits per heavy atom. The van der Waals surface area contributed by atoms with Gasteiger partial charge in [0, 0.05) is 10.0 Å². The van der Waals surface area contributed by atoms with E-state index in [1.54, 1.807) is 14.2 Å². The van der Waals surface area contributed by atoms with E-state index < -0.39 is 0 Å². The van der Waals surface area contributed by atoms with Crippen LogP contribution in [0.15, 0.2) is 40.9 Å². The Labute approximate surface area is 127 Å². The summed E-state index contributed by atoms with van der Waals surface area (Å²) in [5.41, 5.74) is 9.52. The zero-order chi connectivity index (χ0) is 14.7. The Morgan fingerprint density at radius 2 is 1.70 bits per heavy atom. The first-order valence-electron chi connectivity index (χ1n) is 6.30. The number of methoxy groups -OCH3 is 2. The smallest absolute Gasteiger partial charge is 0.125 e. The molecule has 106 valence electrons. The molecule has 0 fully saturated rings. The molecule has 0 heterocycles. The van der Waals surface area contributed by atoms with Gasteiger partial charge in [0.05, 0.1) is 20.3 Å². The largest absolute Gasteiger partial charge is 0.497 e. The van der Waals surface area contributed by atoms with Gasteiger partial charge >= 0.3 is 0 Å². The zero-order valence-electron chi connectivity index (χ0n) is 11.8. The minimum absolute atomic E-state index is 0.232. The number of hydrogen-bond acceptors (Lipinski definition) is 3. The molecule has 2 aromatic carbocycles. The van der Waals surface area contributed by atoms with Crippen LogP contribution in [0.2, 0.25) is 0 Å². The predicted octanol–water partition coefficient (Wildman–Crippen LogP) is 3.82. The maximum atomic E-state index is 6.40. The lowest BCUT2D eigenvalue weighted by Gasteiger charge is -2.19. The third kappa shape index (κ3) is 2.97. The molecule has 2 rings (SSSR count). The van der Waals surface area contributed by atoms with Gasteiger partial charge in [-0.3, -0.25) is 0 Å². The fraction of sp³-hybridized carbons (Fsp3) is 0.250. The summed E-state index contributed by atoms with van der Waals surface area (Å²) < 4.78 is 11.6. The van der Waals surface area contributed by atoms with Gasteiger partial charge < -0.3 is 15.2 Å². The van der Waals surface area contributed by atoms with Crippen molar-refractivity contribution in [3.8, 4) is 11.5 Å². The number of halogens is 1. The zero-order valence-corrected chi connectivity index (χ0v) is 13.4. The predicted molar refractivity (Wildman–Crippen MR) is 84.5 cm³/mol. The SMILES string of the molecule is COc1ccc(C(N)c2ccc(Br)cc2OC)c(C)c1. The Kier molecular flexibility index (Phi) is 4.68. The highest BCUT2D eigenvalue weighted by Gasteiger charge is 2.16. The van der Waals surface area contributed by atoms with Crippen LogP contribution >= 0.6 is 15.9 Å². The molecule has 20 heavy (non-hydrogen) atoms. The van der Waals surface area contributed by atoms with Crippen molar-refractivity contribution < 1.29 is 9.47 Å². The topological polar surface area (TPSA) is 44.5 Å². The van der Waals surface area contributed by atoms with Crippen molar-refractivity contribution in [1.82, 2.24) is 0 Å². The van der Waals surface area contributed by atoms with Crippen LogP contribution < -0.4 is 15.2 Å². The van der Waals surface area contributed by atoms with Gasteiger partial charge in [-0.25, -0.2) is 0 Å². The van der Waals surface area contributed by atoms with Gasteiger partial charge in [0.1, 0.15) is 11.5 Å². The van der Waals surface area contributed by atoms with Crippen molar-refractivity contribution in [3.05, 3.63) is 57.6 Å². The first kappa shape index (κ1) is 14.9. The van der Waals surface area contributed by atoms with Crippen molar-refractivity contribution in [1.29, 1.82) is 0 Å². The van der Waals surface area contributed by atoms with Gasteiger partial charge in [0.25, 0.3) is 0 Å². The maximum Gasteiger partial charge on any atom is 0.125 e. The van der Waals surface area contributed by atoms with Gasteiger partial charge in [0.2, 0.25) is 0 Å². The maximum absolute atomic E-state index is 6.40. The lowest BCUT2D eigenvalue weighted by Crippen LogP contribution is -2.14. The van der Waals surface area contributed by atoms with E-state index in [9.17, 15) is 0 Å². The summed E-state index contributed by atoms with van der Waals surface area (Å²) in [5.74, 6) is 1.61. The van der Waals surface area contributed by atoms with Gasteiger partial charge in [-0.15, -0.1) is 0 Å². The van der Waals surface area contributed by atoms with Crippen LogP contribution in [0.1, 0.15) is 22.7 Å². The second-order valence-corrected chi connectivity index (χ2v) is 5.50. The average Bonchev–Trinajstić information content (AvgIpc) is 2.46. The monoisotopic (exact) mass is 335 g/mol. The highest BCUT2D eigenvalue weighted by molar-refractivity contribution is 9.10. The van der Waals surface area contributed by atoms with Gasteiger partial charge in [-0.05, 0) is 42.3 Å². The van der Waals surface area contributed by atoms with Crippen LogP contribution in [0, 0.1) is 6.92 Å².